The number of carbonyl (C=O) groups is 2. The summed E-state index contributed by atoms with van der Waals surface area (Å²) in [7, 11) is 0. The number of hydrogen-bond donors (Lipinski definition) is 2. The molecule has 0 fully saturated rings. The molecule has 0 unspecified atom stereocenters. The van der Waals surface area contributed by atoms with E-state index in [9.17, 15) is 9.59 Å². The van der Waals surface area contributed by atoms with E-state index in [1.807, 2.05) is 0 Å². The molecule has 0 bridgehead atoms. The maximum absolute atomic E-state index is 10.3. The van der Waals surface area contributed by atoms with Gasteiger partial charge in [0, 0.05) is 6.20 Å². The summed E-state index contributed by atoms with van der Waals surface area (Å²) in [4.78, 5) is 22.8. The van der Waals surface area contributed by atoms with Crippen LogP contribution in [0.2, 0.25) is 0 Å². The molecule has 4 nitrogen and oxygen atoms in total. The summed E-state index contributed by atoms with van der Waals surface area (Å²) in [6.45, 7) is 0. The zero-order chi connectivity index (χ0) is 7.56. The highest BCUT2D eigenvalue weighted by molar-refractivity contribution is 5.96. The quantitative estimate of drug-likeness (QED) is 0.587. The van der Waals surface area contributed by atoms with Crippen LogP contribution in [0, 0.1) is 0 Å². The Bertz CT molecular complexity index is 264. The van der Waals surface area contributed by atoms with Crippen molar-refractivity contribution in [3.05, 3.63) is 23.5 Å². The van der Waals surface area contributed by atoms with E-state index in [0.717, 1.165) is 0 Å². The van der Waals surface area contributed by atoms with E-state index >= 15 is 0 Å². The van der Waals surface area contributed by atoms with Gasteiger partial charge in [0.15, 0.2) is 6.29 Å². The number of carboxylic acid groups (broad SMARTS) is 1. The Kier molecular flexibility index (Phi) is 1.53. The summed E-state index contributed by atoms with van der Waals surface area (Å²) in [5, 5.41) is 8.41. The SMILES string of the molecule is O=Cc1[nH]ccc1C(=O)O. The van der Waals surface area contributed by atoms with Gasteiger partial charge in [0.25, 0.3) is 0 Å². The van der Waals surface area contributed by atoms with E-state index < -0.39 is 5.97 Å². The van der Waals surface area contributed by atoms with E-state index in [4.69, 9.17) is 5.11 Å². The molecule has 0 saturated heterocycles. The number of rotatable bonds is 2. The average molecular weight is 139 g/mol. The first-order chi connectivity index (χ1) is 4.75. The molecule has 2 N–H and O–H groups in total. The van der Waals surface area contributed by atoms with Gasteiger partial charge in [-0.2, -0.15) is 0 Å². The third kappa shape index (κ3) is 0.907. The number of aromatic nitrogens is 1. The first-order valence-corrected chi connectivity index (χ1v) is 2.61. The van der Waals surface area contributed by atoms with Crippen molar-refractivity contribution in [2.75, 3.05) is 0 Å². The van der Waals surface area contributed by atoms with Crippen LogP contribution >= 0.6 is 0 Å². The molecule has 0 radical (unpaired) electrons. The Labute approximate surface area is 56.5 Å². The van der Waals surface area contributed by atoms with Crippen LogP contribution in [0.3, 0.4) is 0 Å². The molecular weight excluding hydrogens is 134 g/mol. The van der Waals surface area contributed by atoms with E-state index in [2.05, 4.69) is 4.98 Å². The molecule has 0 saturated carbocycles. The number of nitrogens with one attached hydrogen (secondary N) is 1. The van der Waals surface area contributed by atoms with Crippen molar-refractivity contribution in [2.24, 2.45) is 0 Å². The highest BCUT2D eigenvalue weighted by Crippen LogP contribution is 2.02. The lowest BCUT2D eigenvalue weighted by molar-refractivity contribution is 0.0694. The summed E-state index contributed by atoms with van der Waals surface area (Å²) in [5.74, 6) is -1.09. The third-order valence-electron chi connectivity index (χ3n) is 1.13. The lowest BCUT2D eigenvalue weighted by Gasteiger charge is -1.86. The first kappa shape index (κ1) is 6.54. The zero-order valence-corrected chi connectivity index (χ0v) is 5.00. The molecule has 52 valence electrons. The number of hydrogen-bond acceptors (Lipinski definition) is 2. The van der Waals surface area contributed by atoms with Crippen molar-refractivity contribution in [2.45, 2.75) is 0 Å². The Balaban J connectivity index is 3.13. The van der Waals surface area contributed by atoms with Gasteiger partial charge in [0.2, 0.25) is 0 Å². The van der Waals surface area contributed by atoms with E-state index in [1.165, 1.54) is 12.3 Å². The molecule has 0 aliphatic heterocycles. The zero-order valence-electron chi connectivity index (χ0n) is 5.00. The molecule has 0 aliphatic rings. The summed E-state index contributed by atoms with van der Waals surface area (Å²) < 4.78 is 0. The van der Waals surface area contributed by atoms with E-state index in [1.54, 1.807) is 0 Å². The van der Waals surface area contributed by atoms with Crippen molar-refractivity contribution in [1.29, 1.82) is 0 Å². The van der Waals surface area contributed by atoms with Crippen molar-refractivity contribution < 1.29 is 14.7 Å². The highest BCUT2D eigenvalue weighted by Gasteiger charge is 2.08. The average Bonchev–Trinajstić information content (AvgIpc) is 2.33. The minimum atomic E-state index is -1.09. The molecule has 0 aliphatic carbocycles. The molecule has 4 heteroatoms. The molecule has 1 heterocycles. The van der Waals surface area contributed by atoms with Gasteiger partial charge in [0.1, 0.15) is 0 Å². The molecular formula is C6H5NO3. The molecule has 0 amide bonds. The van der Waals surface area contributed by atoms with Crippen LogP contribution in [-0.2, 0) is 0 Å². The van der Waals surface area contributed by atoms with Crippen molar-refractivity contribution in [3.63, 3.8) is 0 Å². The van der Waals surface area contributed by atoms with Gasteiger partial charge in [-0.15, -0.1) is 0 Å². The smallest absolute Gasteiger partial charge is 0.337 e. The standard InChI is InChI=1S/C6H5NO3/c8-3-5-4(6(9)10)1-2-7-5/h1-3,7H,(H,9,10). The number of H-pyrrole nitrogens is 1. The topological polar surface area (TPSA) is 70.2 Å². The Morgan fingerprint density at radius 1 is 1.70 bits per heavy atom. The summed E-state index contributed by atoms with van der Waals surface area (Å²) in [5.41, 5.74) is 0.113. The third-order valence-corrected chi connectivity index (χ3v) is 1.13. The van der Waals surface area contributed by atoms with Crippen molar-refractivity contribution in [1.82, 2.24) is 4.98 Å². The van der Waals surface area contributed by atoms with Gasteiger partial charge in [-0.1, -0.05) is 0 Å². The predicted octanol–water partition coefficient (Wildman–Crippen LogP) is 0.525. The minimum absolute atomic E-state index is 0.00926. The summed E-state index contributed by atoms with van der Waals surface area (Å²) in [6.07, 6.45) is 1.89. The number of carbonyl (C=O) groups excluding carboxylic acids is 1. The largest absolute Gasteiger partial charge is 0.478 e. The molecule has 0 aromatic carbocycles. The molecule has 10 heavy (non-hydrogen) atoms. The molecule has 0 atom stereocenters. The second-order valence-electron chi connectivity index (χ2n) is 1.73. The molecule has 1 rings (SSSR count). The summed E-state index contributed by atoms with van der Waals surface area (Å²) in [6, 6.07) is 1.34. The second-order valence-corrected chi connectivity index (χ2v) is 1.73. The van der Waals surface area contributed by atoms with Crippen LogP contribution < -0.4 is 0 Å². The first-order valence-electron chi connectivity index (χ1n) is 2.61. The number of aromatic amines is 1. The van der Waals surface area contributed by atoms with Gasteiger partial charge in [0.05, 0.1) is 11.3 Å². The molecule has 1 aromatic heterocycles. The van der Waals surface area contributed by atoms with Gasteiger partial charge < -0.3 is 10.1 Å². The fraction of sp³-hybridized carbons (Fsp3) is 0. The Hall–Kier alpha value is -1.58. The Morgan fingerprint density at radius 3 is 2.80 bits per heavy atom. The van der Waals surface area contributed by atoms with Crippen LogP contribution in [0.1, 0.15) is 20.8 Å². The number of carboxylic acids is 1. The minimum Gasteiger partial charge on any atom is -0.478 e. The lowest BCUT2D eigenvalue weighted by atomic mass is 10.2. The highest BCUT2D eigenvalue weighted by atomic mass is 16.4. The van der Waals surface area contributed by atoms with Crippen molar-refractivity contribution >= 4 is 12.3 Å². The second kappa shape index (κ2) is 2.34. The molecule has 1 aromatic rings. The summed E-state index contributed by atoms with van der Waals surface area (Å²) >= 11 is 0. The fourth-order valence-electron chi connectivity index (χ4n) is 0.666. The lowest BCUT2D eigenvalue weighted by Crippen LogP contribution is -1.98. The number of aromatic carboxylic acids is 1. The monoisotopic (exact) mass is 139 g/mol. The van der Waals surface area contributed by atoms with Gasteiger partial charge in [-0.05, 0) is 6.07 Å². The van der Waals surface area contributed by atoms with Crippen LogP contribution in [0.25, 0.3) is 0 Å². The maximum atomic E-state index is 10.3. The fourth-order valence-corrected chi connectivity index (χ4v) is 0.666. The Morgan fingerprint density at radius 2 is 2.40 bits per heavy atom. The van der Waals surface area contributed by atoms with E-state index in [0.29, 0.717) is 6.29 Å². The maximum Gasteiger partial charge on any atom is 0.337 e. The van der Waals surface area contributed by atoms with Crippen LogP contribution in [0.5, 0.6) is 0 Å². The van der Waals surface area contributed by atoms with Crippen LogP contribution in [0.4, 0.5) is 0 Å². The predicted molar refractivity (Wildman–Crippen MR) is 33.1 cm³/mol. The van der Waals surface area contributed by atoms with Crippen molar-refractivity contribution in [3.8, 4) is 0 Å². The van der Waals surface area contributed by atoms with Gasteiger partial charge >= 0.3 is 5.97 Å². The number of aldehydes is 1. The van der Waals surface area contributed by atoms with Crippen LogP contribution in [-0.4, -0.2) is 22.3 Å². The normalized spacial score (nSPS) is 9.20. The van der Waals surface area contributed by atoms with Gasteiger partial charge in [-0.3, -0.25) is 4.79 Å². The molecule has 0 spiro atoms. The van der Waals surface area contributed by atoms with E-state index in [-0.39, 0.29) is 11.3 Å². The van der Waals surface area contributed by atoms with Crippen LogP contribution in [0.15, 0.2) is 12.3 Å². The van der Waals surface area contributed by atoms with Gasteiger partial charge in [-0.25, -0.2) is 4.79 Å².